The lowest BCUT2D eigenvalue weighted by Gasteiger charge is -2.13. The number of hydrogen-bond donors (Lipinski definition) is 0. The Bertz CT molecular complexity index is 544. The van der Waals surface area contributed by atoms with Gasteiger partial charge in [0.2, 0.25) is 0 Å². The van der Waals surface area contributed by atoms with Crippen molar-refractivity contribution in [3.8, 4) is 0 Å². The van der Waals surface area contributed by atoms with Crippen LogP contribution in [-0.2, 0) is 19.3 Å². The van der Waals surface area contributed by atoms with E-state index in [1.165, 1.54) is 26.4 Å². The number of benzene rings is 1. The molecule has 1 aromatic carbocycles. The first-order valence-corrected chi connectivity index (χ1v) is 8.51. The first-order chi connectivity index (χ1) is 9.94. The summed E-state index contributed by atoms with van der Waals surface area (Å²) in [5.41, 5.74) is 0.539. The van der Waals surface area contributed by atoms with Crippen LogP contribution in [0.5, 0.6) is 0 Å². The minimum absolute atomic E-state index is 0.0347. The molecule has 0 aliphatic carbocycles. The highest BCUT2D eigenvalue weighted by Crippen LogP contribution is 2.16. The van der Waals surface area contributed by atoms with E-state index in [0.29, 0.717) is 12.0 Å². The third kappa shape index (κ3) is 5.22. The zero-order valence-electron chi connectivity index (χ0n) is 12.7. The van der Waals surface area contributed by atoms with Crippen LogP contribution in [0.1, 0.15) is 36.5 Å². The third-order valence-corrected chi connectivity index (χ3v) is 4.88. The monoisotopic (exact) mass is 314 g/mol. The largest absolute Gasteiger partial charge is 0.355 e. The summed E-state index contributed by atoms with van der Waals surface area (Å²) >= 11 is 0. The molecule has 0 amide bonds. The molecule has 21 heavy (non-hydrogen) atoms. The van der Waals surface area contributed by atoms with E-state index in [0.717, 1.165) is 12.8 Å². The summed E-state index contributed by atoms with van der Waals surface area (Å²) in [5, 5.41) is 0. The van der Waals surface area contributed by atoms with Crippen LogP contribution >= 0.6 is 0 Å². The Balaban J connectivity index is 2.84. The van der Waals surface area contributed by atoms with Crippen LogP contribution in [0.4, 0.5) is 0 Å². The number of methoxy groups -OCH3 is 2. The van der Waals surface area contributed by atoms with Gasteiger partial charge in [-0.1, -0.05) is 25.5 Å². The van der Waals surface area contributed by atoms with Crippen LogP contribution in [0.15, 0.2) is 29.2 Å². The summed E-state index contributed by atoms with van der Waals surface area (Å²) in [4.78, 5) is 12.0. The zero-order valence-corrected chi connectivity index (χ0v) is 13.5. The van der Waals surface area contributed by atoms with Crippen molar-refractivity contribution in [3.05, 3.63) is 29.8 Å². The fraction of sp³-hybridized carbons (Fsp3) is 0.533. The molecule has 0 unspecified atom stereocenters. The maximum absolute atomic E-state index is 12.2. The normalized spacial score (nSPS) is 11.8. The molecule has 0 aliphatic rings. The van der Waals surface area contributed by atoms with Gasteiger partial charge in [-0.05, 0) is 18.6 Å². The standard InChI is InChI=1S/C15H22O5S/c1-4-5-6-14(16)12-7-9-13(10-8-12)21(17,18)11-15(19-2)20-3/h7-10,15H,4-6,11H2,1-3H3. The fourth-order valence-electron chi connectivity index (χ4n) is 1.84. The summed E-state index contributed by atoms with van der Waals surface area (Å²) in [6.45, 7) is 2.02. The van der Waals surface area contributed by atoms with E-state index in [1.54, 1.807) is 12.1 Å². The first kappa shape index (κ1) is 17.8. The molecule has 0 heterocycles. The quantitative estimate of drug-likeness (QED) is 0.517. The molecule has 1 rings (SSSR count). The average molecular weight is 314 g/mol. The van der Waals surface area contributed by atoms with E-state index in [9.17, 15) is 13.2 Å². The molecular formula is C15H22O5S. The number of rotatable bonds is 9. The number of hydrogen-bond acceptors (Lipinski definition) is 5. The summed E-state index contributed by atoms with van der Waals surface area (Å²) in [6.07, 6.45) is 1.47. The lowest BCUT2D eigenvalue weighted by atomic mass is 10.1. The summed E-state index contributed by atoms with van der Waals surface area (Å²) < 4.78 is 34.2. The number of ether oxygens (including phenoxy) is 2. The van der Waals surface area contributed by atoms with Crippen molar-refractivity contribution in [2.45, 2.75) is 37.4 Å². The molecule has 0 saturated carbocycles. The predicted molar refractivity (Wildman–Crippen MR) is 80.2 cm³/mol. The Morgan fingerprint density at radius 1 is 1.14 bits per heavy atom. The van der Waals surface area contributed by atoms with Crippen molar-refractivity contribution in [2.24, 2.45) is 0 Å². The Kier molecular flexibility index (Phi) is 7.01. The molecule has 1 aromatic rings. The Morgan fingerprint density at radius 2 is 1.71 bits per heavy atom. The Hall–Kier alpha value is -1.24. The van der Waals surface area contributed by atoms with E-state index in [2.05, 4.69) is 0 Å². The molecule has 0 atom stereocenters. The third-order valence-electron chi connectivity index (χ3n) is 3.17. The Morgan fingerprint density at radius 3 is 2.19 bits per heavy atom. The number of sulfone groups is 1. The van der Waals surface area contributed by atoms with Gasteiger partial charge in [0.25, 0.3) is 0 Å². The second-order valence-corrected chi connectivity index (χ2v) is 6.77. The highest BCUT2D eigenvalue weighted by Gasteiger charge is 2.21. The van der Waals surface area contributed by atoms with Gasteiger partial charge < -0.3 is 9.47 Å². The van der Waals surface area contributed by atoms with Gasteiger partial charge in [-0.25, -0.2) is 8.42 Å². The molecule has 0 N–H and O–H groups in total. The van der Waals surface area contributed by atoms with Crippen molar-refractivity contribution >= 4 is 15.6 Å². The van der Waals surface area contributed by atoms with Gasteiger partial charge in [0.05, 0.1) is 4.90 Å². The van der Waals surface area contributed by atoms with Crippen molar-refractivity contribution in [3.63, 3.8) is 0 Å². The fourth-order valence-corrected chi connectivity index (χ4v) is 3.21. The molecule has 0 aliphatic heterocycles. The van der Waals surface area contributed by atoms with Crippen molar-refractivity contribution in [1.29, 1.82) is 0 Å². The van der Waals surface area contributed by atoms with Crippen LogP contribution in [0.2, 0.25) is 0 Å². The molecule has 0 saturated heterocycles. The van der Waals surface area contributed by atoms with Crippen LogP contribution in [-0.4, -0.2) is 40.5 Å². The SMILES string of the molecule is CCCCC(=O)c1ccc(S(=O)(=O)CC(OC)OC)cc1. The van der Waals surface area contributed by atoms with Crippen molar-refractivity contribution in [1.82, 2.24) is 0 Å². The number of Topliss-reactive ketones (excluding diaryl/α,β-unsaturated/α-hetero) is 1. The summed E-state index contributed by atoms with van der Waals surface area (Å²) in [7, 11) is -0.728. The maximum atomic E-state index is 12.2. The minimum atomic E-state index is -3.50. The maximum Gasteiger partial charge on any atom is 0.183 e. The summed E-state index contributed by atoms with van der Waals surface area (Å²) in [6, 6.07) is 6.02. The number of carbonyl (C=O) groups is 1. The first-order valence-electron chi connectivity index (χ1n) is 6.86. The number of unbranched alkanes of at least 4 members (excludes halogenated alkanes) is 1. The van der Waals surface area contributed by atoms with Gasteiger partial charge in [0, 0.05) is 26.2 Å². The number of ketones is 1. The minimum Gasteiger partial charge on any atom is -0.355 e. The van der Waals surface area contributed by atoms with Gasteiger partial charge in [-0.3, -0.25) is 4.79 Å². The molecule has 0 aromatic heterocycles. The van der Waals surface area contributed by atoms with Gasteiger partial charge >= 0.3 is 0 Å². The van der Waals surface area contributed by atoms with Crippen LogP contribution < -0.4 is 0 Å². The molecule has 0 bridgehead atoms. The lowest BCUT2D eigenvalue weighted by molar-refractivity contribution is -0.0851. The average Bonchev–Trinajstić information content (AvgIpc) is 2.50. The van der Waals surface area contributed by atoms with E-state index in [4.69, 9.17) is 9.47 Å². The van der Waals surface area contributed by atoms with Gasteiger partial charge in [-0.15, -0.1) is 0 Å². The topological polar surface area (TPSA) is 69.7 Å². The molecule has 0 spiro atoms. The lowest BCUT2D eigenvalue weighted by Crippen LogP contribution is -2.24. The van der Waals surface area contributed by atoms with Crippen molar-refractivity contribution < 1.29 is 22.7 Å². The van der Waals surface area contributed by atoms with Gasteiger partial charge in [0.15, 0.2) is 21.9 Å². The van der Waals surface area contributed by atoms with Crippen LogP contribution in [0.3, 0.4) is 0 Å². The molecule has 118 valence electrons. The van der Waals surface area contributed by atoms with E-state index < -0.39 is 16.1 Å². The second-order valence-electron chi connectivity index (χ2n) is 4.73. The predicted octanol–water partition coefficient (Wildman–Crippen LogP) is 2.45. The van der Waals surface area contributed by atoms with E-state index >= 15 is 0 Å². The van der Waals surface area contributed by atoms with E-state index in [-0.39, 0.29) is 16.4 Å². The zero-order chi connectivity index (χ0) is 15.9. The highest BCUT2D eigenvalue weighted by molar-refractivity contribution is 7.91. The summed E-state index contributed by atoms with van der Waals surface area (Å²) in [5.74, 6) is -0.226. The van der Waals surface area contributed by atoms with Gasteiger partial charge in [-0.2, -0.15) is 0 Å². The smallest absolute Gasteiger partial charge is 0.183 e. The molecule has 6 heteroatoms. The molecule has 5 nitrogen and oxygen atoms in total. The molecule has 0 fully saturated rings. The highest BCUT2D eigenvalue weighted by atomic mass is 32.2. The molecular weight excluding hydrogens is 292 g/mol. The van der Waals surface area contributed by atoms with Crippen LogP contribution in [0.25, 0.3) is 0 Å². The second kappa shape index (κ2) is 8.26. The Labute approximate surface area is 126 Å². The van der Waals surface area contributed by atoms with Crippen LogP contribution in [0, 0.1) is 0 Å². The van der Waals surface area contributed by atoms with Crippen molar-refractivity contribution in [2.75, 3.05) is 20.0 Å². The van der Waals surface area contributed by atoms with Gasteiger partial charge in [0.1, 0.15) is 5.75 Å². The molecule has 0 radical (unpaired) electrons. The number of carbonyl (C=O) groups excluding carboxylic acids is 1. The van der Waals surface area contributed by atoms with E-state index in [1.807, 2.05) is 6.92 Å².